The van der Waals surface area contributed by atoms with E-state index in [2.05, 4.69) is 0 Å². The largest absolute Gasteiger partial charge is 0.477 e. The second-order valence-corrected chi connectivity index (χ2v) is 4.35. The number of halogens is 2. The summed E-state index contributed by atoms with van der Waals surface area (Å²) in [5, 5.41) is 19.9. The molecule has 7 heteroatoms. The van der Waals surface area contributed by atoms with Gasteiger partial charge in [0, 0.05) is 16.7 Å². The number of carbonyl (C=O) groups is 1. The molecule has 0 aliphatic carbocycles. The van der Waals surface area contributed by atoms with E-state index in [-0.39, 0.29) is 16.1 Å². The van der Waals surface area contributed by atoms with Crippen LogP contribution in [0.1, 0.15) is 10.4 Å². The average Bonchev–Trinajstić information content (AvgIpc) is 2.37. The highest BCUT2D eigenvalue weighted by Gasteiger charge is 2.21. The van der Waals surface area contributed by atoms with Crippen LogP contribution >= 0.6 is 11.6 Å². The molecule has 2 aromatic carbocycles. The number of hydrogen-bond acceptors (Lipinski definition) is 3. The maximum absolute atomic E-state index is 13.8. The van der Waals surface area contributed by atoms with Gasteiger partial charge in [-0.15, -0.1) is 0 Å². The summed E-state index contributed by atoms with van der Waals surface area (Å²) in [4.78, 5) is 21.0. The van der Waals surface area contributed by atoms with Gasteiger partial charge in [0.2, 0.25) is 0 Å². The quantitative estimate of drug-likeness (QED) is 0.690. The van der Waals surface area contributed by atoms with Gasteiger partial charge in [-0.25, -0.2) is 9.18 Å². The Bertz CT molecular complexity index is 718. The van der Waals surface area contributed by atoms with Gasteiger partial charge in [0.25, 0.3) is 5.69 Å². The molecule has 0 saturated heterocycles. The van der Waals surface area contributed by atoms with Crippen molar-refractivity contribution < 1.29 is 19.2 Å². The number of benzene rings is 2. The molecule has 5 nitrogen and oxygen atoms in total. The Kier molecular flexibility index (Phi) is 3.67. The number of nitro groups is 1. The molecule has 0 spiro atoms. The minimum atomic E-state index is -1.45. The number of carboxylic acid groups (broad SMARTS) is 1. The van der Waals surface area contributed by atoms with E-state index in [1.807, 2.05) is 0 Å². The van der Waals surface area contributed by atoms with Gasteiger partial charge >= 0.3 is 5.97 Å². The first-order valence-corrected chi connectivity index (χ1v) is 5.75. The molecule has 0 aliphatic rings. The Morgan fingerprint density at radius 3 is 2.50 bits per heavy atom. The highest BCUT2D eigenvalue weighted by atomic mass is 35.5. The van der Waals surface area contributed by atoms with Crippen LogP contribution in [0.15, 0.2) is 36.4 Å². The molecule has 0 unspecified atom stereocenters. The SMILES string of the molecule is O=C(O)c1cc(-c2ccc(Cl)cc2F)ccc1[N+](=O)[O-]. The highest BCUT2D eigenvalue weighted by molar-refractivity contribution is 6.30. The molecular weight excluding hydrogens is 289 g/mol. The van der Waals surface area contributed by atoms with Gasteiger partial charge in [-0.05, 0) is 35.9 Å². The Balaban J connectivity index is 2.62. The summed E-state index contributed by atoms with van der Waals surface area (Å²) >= 11 is 5.63. The van der Waals surface area contributed by atoms with Crippen molar-refractivity contribution in [1.29, 1.82) is 0 Å². The Morgan fingerprint density at radius 1 is 1.25 bits per heavy atom. The first-order chi connectivity index (χ1) is 9.40. The number of nitrogens with zero attached hydrogens (tertiary/aromatic N) is 1. The van der Waals surface area contributed by atoms with Gasteiger partial charge in [-0.3, -0.25) is 10.1 Å². The van der Waals surface area contributed by atoms with Gasteiger partial charge in [-0.2, -0.15) is 0 Å². The van der Waals surface area contributed by atoms with Gasteiger partial charge in [0.15, 0.2) is 0 Å². The molecule has 0 radical (unpaired) electrons. The molecule has 0 fully saturated rings. The monoisotopic (exact) mass is 295 g/mol. The van der Waals surface area contributed by atoms with Crippen molar-refractivity contribution in [1.82, 2.24) is 0 Å². The fourth-order valence-electron chi connectivity index (χ4n) is 1.76. The third-order valence-corrected chi connectivity index (χ3v) is 2.90. The van der Waals surface area contributed by atoms with E-state index in [0.29, 0.717) is 0 Å². The van der Waals surface area contributed by atoms with Crippen molar-refractivity contribution in [2.24, 2.45) is 0 Å². The maximum atomic E-state index is 13.8. The number of hydrogen-bond donors (Lipinski definition) is 1. The summed E-state index contributed by atoms with van der Waals surface area (Å²) in [5.41, 5.74) is -0.702. The van der Waals surface area contributed by atoms with Gasteiger partial charge in [0.05, 0.1) is 4.92 Å². The second-order valence-electron chi connectivity index (χ2n) is 3.92. The normalized spacial score (nSPS) is 10.3. The summed E-state index contributed by atoms with van der Waals surface area (Å²) in [7, 11) is 0. The predicted molar refractivity (Wildman–Crippen MR) is 70.5 cm³/mol. The van der Waals surface area contributed by atoms with E-state index >= 15 is 0 Å². The van der Waals surface area contributed by atoms with E-state index < -0.39 is 28.0 Å². The molecule has 0 aliphatic heterocycles. The van der Waals surface area contributed by atoms with E-state index in [0.717, 1.165) is 18.2 Å². The first kappa shape index (κ1) is 14.0. The zero-order chi connectivity index (χ0) is 14.9. The molecule has 0 atom stereocenters. The molecule has 2 aromatic rings. The molecular formula is C13H7ClFNO4. The van der Waals surface area contributed by atoms with Crippen LogP contribution in [0, 0.1) is 15.9 Å². The lowest BCUT2D eigenvalue weighted by Crippen LogP contribution is -2.03. The second kappa shape index (κ2) is 5.26. The van der Waals surface area contributed by atoms with Crippen molar-refractivity contribution in [2.45, 2.75) is 0 Å². The van der Waals surface area contributed by atoms with Crippen LogP contribution in [0.4, 0.5) is 10.1 Å². The topological polar surface area (TPSA) is 80.4 Å². The average molecular weight is 296 g/mol. The van der Waals surface area contributed by atoms with Crippen LogP contribution in [0.25, 0.3) is 11.1 Å². The third kappa shape index (κ3) is 2.60. The molecule has 0 heterocycles. The van der Waals surface area contributed by atoms with Crippen LogP contribution in [0.2, 0.25) is 5.02 Å². The van der Waals surface area contributed by atoms with Crippen molar-refractivity contribution in [3.8, 4) is 11.1 Å². The van der Waals surface area contributed by atoms with Crippen molar-refractivity contribution >= 4 is 23.3 Å². The van der Waals surface area contributed by atoms with Gasteiger partial charge < -0.3 is 5.11 Å². The van der Waals surface area contributed by atoms with Crippen LogP contribution < -0.4 is 0 Å². The summed E-state index contributed by atoms with van der Waals surface area (Å²) < 4.78 is 13.8. The van der Waals surface area contributed by atoms with Crippen molar-refractivity contribution in [2.75, 3.05) is 0 Å². The van der Waals surface area contributed by atoms with Gasteiger partial charge in [0.1, 0.15) is 11.4 Å². The minimum absolute atomic E-state index is 0.117. The zero-order valence-corrected chi connectivity index (χ0v) is 10.6. The molecule has 1 N–H and O–H groups in total. The summed E-state index contributed by atoms with van der Waals surface area (Å²) in [6.45, 7) is 0. The fraction of sp³-hybridized carbons (Fsp3) is 0. The molecule has 2 rings (SSSR count). The van der Waals surface area contributed by atoms with E-state index in [9.17, 15) is 19.3 Å². The zero-order valence-electron chi connectivity index (χ0n) is 9.84. The third-order valence-electron chi connectivity index (χ3n) is 2.67. The predicted octanol–water partition coefficient (Wildman–Crippen LogP) is 3.75. The van der Waals surface area contributed by atoms with Crippen LogP contribution in [0.5, 0.6) is 0 Å². The number of nitro benzene ring substituents is 1. The smallest absolute Gasteiger partial charge is 0.342 e. The molecule has 0 bridgehead atoms. The summed E-state index contributed by atoms with van der Waals surface area (Å²) in [5.74, 6) is -2.09. The molecule has 0 aromatic heterocycles. The lowest BCUT2D eigenvalue weighted by atomic mass is 10.0. The van der Waals surface area contributed by atoms with Crippen molar-refractivity contribution in [3.05, 3.63) is 62.9 Å². The molecule has 0 amide bonds. The van der Waals surface area contributed by atoms with Crippen LogP contribution in [0.3, 0.4) is 0 Å². The fourth-order valence-corrected chi connectivity index (χ4v) is 1.92. The minimum Gasteiger partial charge on any atom is -0.477 e. The molecule has 102 valence electrons. The standard InChI is InChI=1S/C13H7ClFNO4/c14-8-2-3-9(11(15)6-8)7-1-4-12(16(19)20)10(5-7)13(17)18/h1-6H,(H,17,18). The molecule has 20 heavy (non-hydrogen) atoms. The Labute approximate surface area is 117 Å². The maximum Gasteiger partial charge on any atom is 0.342 e. The lowest BCUT2D eigenvalue weighted by molar-refractivity contribution is -0.385. The van der Waals surface area contributed by atoms with Gasteiger partial charge in [-0.1, -0.05) is 11.6 Å². The van der Waals surface area contributed by atoms with Crippen LogP contribution in [-0.2, 0) is 0 Å². The Morgan fingerprint density at radius 2 is 1.95 bits per heavy atom. The number of aromatic carboxylic acids is 1. The number of carboxylic acids is 1. The highest BCUT2D eigenvalue weighted by Crippen LogP contribution is 2.29. The van der Waals surface area contributed by atoms with E-state index in [1.165, 1.54) is 18.2 Å². The summed E-state index contributed by atoms with van der Waals surface area (Å²) in [6.07, 6.45) is 0. The first-order valence-electron chi connectivity index (χ1n) is 5.37. The van der Waals surface area contributed by atoms with Crippen molar-refractivity contribution in [3.63, 3.8) is 0 Å². The lowest BCUT2D eigenvalue weighted by Gasteiger charge is -2.06. The van der Waals surface area contributed by atoms with Crippen LogP contribution in [-0.4, -0.2) is 16.0 Å². The summed E-state index contributed by atoms with van der Waals surface area (Å²) in [6, 6.07) is 7.29. The Hall–Kier alpha value is -2.47. The molecule has 0 saturated carbocycles. The number of rotatable bonds is 3. The van der Waals surface area contributed by atoms with E-state index in [1.54, 1.807) is 0 Å². The van der Waals surface area contributed by atoms with E-state index in [4.69, 9.17) is 16.7 Å².